The molecule has 1 fully saturated rings. The summed E-state index contributed by atoms with van der Waals surface area (Å²) in [6.45, 7) is 5.62. The number of nitrogens with zero attached hydrogens (tertiary/aromatic N) is 1. The van der Waals surface area contributed by atoms with Gasteiger partial charge in [-0.25, -0.2) is 0 Å². The summed E-state index contributed by atoms with van der Waals surface area (Å²) in [6, 6.07) is 6.15. The Morgan fingerprint density at radius 1 is 1.32 bits per heavy atom. The van der Waals surface area contributed by atoms with Crippen LogP contribution in [0.25, 0.3) is 0 Å². The van der Waals surface area contributed by atoms with Crippen LogP contribution in [-0.2, 0) is 6.54 Å². The Morgan fingerprint density at radius 2 is 1.95 bits per heavy atom. The molecule has 0 amide bonds. The number of hydrogen-bond acceptors (Lipinski definition) is 2. The van der Waals surface area contributed by atoms with E-state index >= 15 is 0 Å². The van der Waals surface area contributed by atoms with Crippen molar-refractivity contribution in [2.45, 2.75) is 52.1 Å². The lowest BCUT2D eigenvalue weighted by molar-refractivity contribution is 0.123. The summed E-state index contributed by atoms with van der Waals surface area (Å²) in [5.41, 5.74) is 1.68. The lowest BCUT2D eigenvalue weighted by Gasteiger charge is -2.38. The second kappa shape index (κ2) is 5.72. The molecule has 2 nitrogen and oxygen atoms in total. The van der Waals surface area contributed by atoms with Crippen LogP contribution in [0.1, 0.15) is 45.1 Å². The molecular weight excluding hydrogens is 258 g/mol. The van der Waals surface area contributed by atoms with Crippen LogP contribution in [0.2, 0.25) is 5.02 Å². The lowest BCUT2D eigenvalue weighted by atomic mass is 9.75. The Hall–Kier alpha value is -0.730. The molecule has 1 aromatic carbocycles. The minimum absolute atomic E-state index is 0.160. The van der Waals surface area contributed by atoms with Crippen molar-refractivity contribution in [3.05, 3.63) is 28.8 Å². The second-order valence-electron chi connectivity index (χ2n) is 6.60. The fourth-order valence-corrected chi connectivity index (χ4v) is 3.09. The zero-order valence-corrected chi connectivity index (χ0v) is 12.9. The summed E-state index contributed by atoms with van der Waals surface area (Å²) in [6.07, 6.45) is 5.15. The highest BCUT2D eigenvalue weighted by Crippen LogP contribution is 2.37. The maximum absolute atomic E-state index is 9.44. The van der Waals surface area contributed by atoms with Crippen LogP contribution >= 0.6 is 11.6 Å². The fourth-order valence-electron chi connectivity index (χ4n) is 2.89. The van der Waals surface area contributed by atoms with E-state index in [9.17, 15) is 5.11 Å². The number of rotatable bonds is 3. The predicted octanol–water partition coefficient (Wildman–Crippen LogP) is 4.45. The highest BCUT2D eigenvalue weighted by atomic mass is 35.5. The van der Waals surface area contributed by atoms with E-state index < -0.39 is 0 Å². The summed E-state index contributed by atoms with van der Waals surface area (Å²) in [4.78, 5) is 2.41. The molecular formula is C16H24ClNO. The van der Waals surface area contributed by atoms with Gasteiger partial charge in [-0.1, -0.05) is 31.5 Å². The molecule has 0 spiro atoms. The van der Waals surface area contributed by atoms with Crippen LogP contribution < -0.4 is 0 Å². The van der Waals surface area contributed by atoms with Crippen molar-refractivity contribution in [2.75, 3.05) is 7.05 Å². The topological polar surface area (TPSA) is 23.5 Å². The Kier molecular flexibility index (Phi) is 4.42. The van der Waals surface area contributed by atoms with Crippen molar-refractivity contribution in [1.29, 1.82) is 0 Å². The molecule has 0 saturated heterocycles. The second-order valence-corrected chi connectivity index (χ2v) is 7.00. The molecule has 1 N–H and O–H groups in total. The first-order valence-electron chi connectivity index (χ1n) is 7.05. The first-order valence-corrected chi connectivity index (χ1v) is 7.43. The van der Waals surface area contributed by atoms with Crippen LogP contribution in [0.5, 0.6) is 5.75 Å². The molecule has 3 heteroatoms. The van der Waals surface area contributed by atoms with Crippen LogP contribution in [0, 0.1) is 5.41 Å². The molecule has 0 heterocycles. The van der Waals surface area contributed by atoms with Gasteiger partial charge < -0.3 is 5.11 Å². The summed E-state index contributed by atoms with van der Waals surface area (Å²) in [5, 5.41) is 9.88. The average molecular weight is 282 g/mol. The summed E-state index contributed by atoms with van der Waals surface area (Å²) >= 11 is 5.95. The molecule has 1 aromatic rings. The van der Waals surface area contributed by atoms with Crippen molar-refractivity contribution in [1.82, 2.24) is 4.90 Å². The number of benzene rings is 1. The van der Waals surface area contributed by atoms with Gasteiger partial charge in [0.15, 0.2) is 0 Å². The van der Waals surface area contributed by atoms with Gasteiger partial charge in [-0.3, -0.25) is 4.90 Å². The van der Waals surface area contributed by atoms with Gasteiger partial charge in [-0.05, 0) is 55.8 Å². The molecule has 1 saturated carbocycles. The Balaban J connectivity index is 1.94. The Morgan fingerprint density at radius 3 is 2.53 bits per heavy atom. The van der Waals surface area contributed by atoms with E-state index in [1.165, 1.54) is 25.7 Å². The average Bonchev–Trinajstić information content (AvgIpc) is 2.33. The predicted molar refractivity (Wildman–Crippen MR) is 80.6 cm³/mol. The quantitative estimate of drug-likeness (QED) is 0.885. The van der Waals surface area contributed by atoms with E-state index in [2.05, 4.69) is 25.8 Å². The zero-order chi connectivity index (χ0) is 14.0. The molecule has 0 unspecified atom stereocenters. The third-order valence-electron chi connectivity index (χ3n) is 4.38. The fraction of sp³-hybridized carbons (Fsp3) is 0.625. The smallest absolute Gasteiger partial charge is 0.134 e. The first-order chi connectivity index (χ1) is 8.87. The minimum Gasteiger partial charge on any atom is -0.506 e. The third kappa shape index (κ3) is 3.87. The molecule has 19 heavy (non-hydrogen) atoms. The molecule has 106 valence electrons. The van der Waals surface area contributed by atoms with E-state index in [4.69, 9.17) is 11.6 Å². The largest absolute Gasteiger partial charge is 0.506 e. The third-order valence-corrected chi connectivity index (χ3v) is 4.68. The van der Waals surface area contributed by atoms with Crippen molar-refractivity contribution in [3.63, 3.8) is 0 Å². The van der Waals surface area contributed by atoms with Crippen molar-refractivity contribution >= 4 is 11.6 Å². The van der Waals surface area contributed by atoms with E-state index in [0.717, 1.165) is 12.1 Å². The van der Waals surface area contributed by atoms with Crippen LogP contribution in [0.15, 0.2) is 18.2 Å². The van der Waals surface area contributed by atoms with Crippen LogP contribution in [-0.4, -0.2) is 23.1 Å². The lowest BCUT2D eigenvalue weighted by Crippen LogP contribution is -2.36. The number of halogens is 1. The minimum atomic E-state index is 0.160. The highest BCUT2D eigenvalue weighted by molar-refractivity contribution is 6.32. The maximum Gasteiger partial charge on any atom is 0.134 e. The molecule has 0 atom stereocenters. The van der Waals surface area contributed by atoms with Gasteiger partial charge >= 0.3 is 0 Å². The van der Waals surface area contributed by atoms with E-state index in [0.29, 0.717) is 16.5 Å². The molecule has 1 aliphatic carbocycles. The van der Waals surface area contributed by atoms with E-state index in [1.807, 2.05) is 12.1 Å². The number of phenolic OH excluding ortho intramolecular Hbond substituents is 1. The maximum atomic E-state index is 9.44. The summed E-state index contributed by atoms with van der Waals surface area (Å²) in [5.74, 6) is 0.160. The van der Waals surface area contributed by atoms with Crippen LogP contribution in [0.4, 0.5) is 0 Å². The van der Waals surface area contributed by atoms with Gasteiger partial charge in [-0.2, -0.15) is 0 Å². The summed E-state index contributed by atoms with van der Waals surface area (Å²) in [7, 11) is 2.18. The zero-order valence-electron chi connectivity index (χ0n) is 12.1. The summed E-state index contributed by atoms with van der Waals surface area (Å²) < 4.78 is 0. The Labute approximate surface area is 121 Å². The molecule has 0 radical (unpaired) electrons. The first kappa shape index (κ1) is 14.7. The van der Waals surface area contributed by atoms with Crippen molar-refractivity contribution < 1.29 is 5.11 Å². The molecule has 1 aliphatic rings. The van der Waals surface area contributed by atoms with Gasteiger partial charge in [0.2, 0.25) is 0 Å². The SMILES string of the molecule is CN(Cc1ccc(O)c(Cl)c1)C1CCC(C)(C)CC1. The monoisotopic (exact) mass is 281 g/mol. The standard InChI is InChI=1S/C16H24ClNO/c1-16(2)8-6-13(7-9-16)18(3)11-12-4-5-15(19)14(17)10-12/h4-5,10,13,19H,6-9,11H2,1-3H3. The van der Waals surface area contributed by atoms with Gasteiger partial charge in [0.25, 0.3) is 0 Å². The number of phenols is 1. The van der Waals surface area contributed by atoms with Gasteiger partial charge in [-0.15, -0.1) is 0 Å². The van der Waals surface area contributed by atoms with Gasteiger partial charge in [0.1, 0.15) is 5.75 Å². The molecule has 0 aromatic heterocycles. The highest BCUT2D eigenvalue weighted by Gasteiger charge is 2.28. The van der Waals surface area contributed by atoms with E-state index in [-0.39, 0.29) is 5.75 Å². The van der Waals surface area contributed by atoms with Gasteiger partial charge in [0.05, 0.1) is 5.02 Å². The number of hydrogen-bond donors (Lipinski definition) is 1. The van der Waals surface area contributed by atoms with Gasteiger partial charge in [0, 0.05) is 12.6 Å². The molecule has 0 bridgehead atoms. The molecule has 2 rings (SSSR count). The normalized spacial score (nSPS) is 19.8. The van der Waals surface area contributed by atoms with Crippen molar-refractivity contribution in [3.8, 4) is 5.75 Å². The van der Waals surface area contributed by atoms with E-state index in [1.54, 1.807) is 6.07 Å². The number of aromatic hydroxyl groups is 1. The van der Waals surface area contributed by atoms with Crippen molar-refractivity contribution in [2.24, 2.45) is 5.41 Å². The van der Waals surface area contributed by atoms with Crippen LogP contribution in [0.3, 0.4) is 0 Å². The molecule has 0 aliphatic heterocycles. The Bertz CT molecular complexity index is 434.